The van der Waals surface area contributed by atoms with Crippen molar-refractivity contribution < 1.29 is 17.9 Å². The van der Waals surface area contributed by atoms with Gasteiger partial charge >= 0.3 is 0 Å². The van der Waals surface area contributed by atoms with Gasteiger partial charge in [0, 0.05) is 17.6 Å². The first-order chi connectivity index (χ1) is 14.4. The number of rotatable bonds is 8. The number of hydrogen-bond acceptors (Lipinski definition) is 6. The van der Waals surface area contributed by atoms with Crippen molar-refractivity contribution in [2.24, 2.45) is 0 Å². The van der Waals surface area contributed by atoms with Gasteiger partial charge in [0.05, 0.1) is 4.90 Å². The Hall–Kier alpha value is -3.46. The van der Waals surface area contributed by atoms with Gasteiger partial charge in [-0.25, -0.2) is 23.1 Å². The molecule has 0 bridgehead atoms. The molecule has 2 aromatic carbocycles. The number of sulfonamides is 1. The molecule has 0 aliphatic heterocycles. The Morgan fingerprint density at radius 1 is 1.03 bits per heavy atom. The largest absolute Gasteiger partial charge is 0.484 e. The minimum Gasteiger partial charge on any atom is -0.484 e. The molecule has 1 heterocycles. The van der Waals surface area contributed by atoms with Gasteiger partial charge in [-0.2, -0.15) is 0 Å². The van der Waals surface area contributed by atoms with Crippen molar-refractivity contribution in [3.8, 4) is 5.75 Å². The Balaban J connectivity index is 1.57. The van der Waals surface area contributed by atoms with Crippen LogP contribution < -0.4 is 14.8 Å². The second-order valence-corrected chi connectivity index (χ2v) is 8.17. The van der Waals surface area contributed by atoms with E-state index < -0.39 is 10.0 Å². The minimum absolute atomic E-state index is 0.00324. The number of benzene rings is 2. The predicted octanol–water partition coefficient (Wildman–Crippen LogP) is 3.17. The number of aryl methyl sites for hydroxylation is 2. The van der Waals surface area contributed by atoms with Gasteiger partial charge in [-0.15, -0.1) is 0 Å². The Morgan fingerprint density at radius 3 is 2.37 bits per heavy atom. The van der Waals surface area contributed by atoms with E-state index in [1.165, 1.54) is 36.0 Å². The maximum Gasteiger partial charge on any atom is 0.264 e. The van der Waals surface area contributed by atoms with Crippen molar-refractivity contribution >= 4 is 27.6 Å². The first kappa shape index (κ1) is 21.3. The summed E-state index contributed by atoms with van der Waals surface area (Å²) >= 11 is 0. The normalized spacial score (nSPS) is 11.0. The van der Waals surface area contributed by atoms with E-state index >= 15 is 0 Å². The zero-order valence-corrected chi connectivity index (χ0v) is 17.4. The Bertz CT molecular complexity index is 1110. The van der Waals surface area contributed by atoms with Crippen LogP contribution in [0.25, 0.3) is 0 Å². The van der Waals surface area contributed by atoms with E-state index in [2.05, 4.69) is 26.9 Å². The summed E-state index contributed by atoms with van der Waals surface area (Å²) in [5.74, 6) is 0.251. The Kier molecular flexibility index (Phi) is 6.63. The van der Waals surface area contributed by atoms with Gasteiger partial charge in [0.25, 0.3) is 15.9 Å². The molecular weight excluding hydrogens is 404 g/mol. The molecule has 1 aromatic heterocycles. The molecule has 3 rings (SSSR count). The zero-order chi connectivity index (χ0) is 21.6. The van der Waals surface area contributed by atoms with Gasteiger partial charge in [-0.1, -0.05) is 19.1 Å². The average molecular weight is 426 g/mol. The highest BCUT2D eigenvalue weighted by Gasteiger charge is 2.16. The van der Waals surface area contributed by atoms with Crippen LogP contribution >= 0.6 is 0 Å². The molecule has 3 aromatic rings. The number of nitrogens with zero attached hydrogens (tertiary/aromatic N) is 2. The lowest BCUT2D eigenvalue weighted by atomic mass is 10.2. The van der Waals surface area contributed by atoms with Crippen LogP contribution in [0.3, 0.4) is 0 Å². The van der Waals surface area contributed by atoms with Crippen LogP contribution in [0.5, 0.6) is 5.75 Å². The van der Waals surface area contributed by atoms with Crippen LogP contribution in [0.15, 0.2) is 65.7 Å². The molecule has 0 spiro atoms. The maximum absolute atomic E-state index is 12.5. The lowest BCUT2D eigenvalue weighted by molar-refractivity contribution is -0.118. The van der Waals surface area contributed by atoms with Crippen molar-refractivity contribution in [2.45, 2.75) is 25.2 Å². The molecule has 0 aliphatic rings. The van der Waals surface area contributed by atoms with Crippen molar-refractivity contribution in [2.75, 3.05) is 16.6 Å². The Labute approximate surface area is 175 Å². The quantitative estimate of drug-likeness (QED) is 0.572. The molecule has 1 amide bonds. The van der Waals surface area contributed by atoms with E-state index in [4.69, 9.17) is 4.74 Å². The van der Waals surface area contributed by atoms with E-state index in [0.29, 0.717) is 17.1 Å². The molecule has 0 unspecified atom stereocenters. The number of nitrogens with one attached hydrogen (secondary N) is 2. The van der Waals surface area contributed by atoms with Crippen molar-refractivity contribution in [1.29, 1.82) is 0 Å². The summed E-state index contributed by atoms with van der Waals surface area (Å²) in [6, 6.07) is 15.0. The summed E-state index contributed by atoms with van der Waals surface area (Å²) in [6.07, 6.45) is 2.40. The molecule has 0 aliphatic carbocycles. The number of anilines is 2. The number of carbonyl (C=O) groups is 1. The molecule has 0 saturated carbocycles. The monoisotopic (exact) mass is 426 g/mol. The molecule has 0 fully saturated rings. The summed E-state index contributed by atoms with van der Waals surface area (Å²) < 4.78 is 32.7. The van der Waals surface area contributed by atoms with E-state index in [-0.39, 0.29) is 23.4 Å². The van der Waals surface area contributed by atoms with Crippen molar-refractivity contribution in [3.63, 3.8) is 0 Å². The van der Waals surface area contributed by atoms with E-state index in [1.54, 1.807) is 13.0 Å². The maximum atomic E-state index is 12.5. The first-order valence-electron chi connectivity index (χ1n) is 9.30. The average Bonchev–Trinajstić information content (AvgIpc) is 2.73. The van der Waals surface area contributed by atoms with Gasteiger partial charge in [0.1, 0.15) is 5.75 Å². The molecular formula is C21H22N4O4S. The van der Waals surface area contributed by atoms with Crippen LogP contribution in [-0.2, 0) is 21.2 Å². The fourth-order valence-electron chi connectivity index (χ4n) is 2.56. The lowest BCUT2D eigenvalue weighted by Gasteiger charge is -2.10. The van der Waals surface area contributed by atoms with Crippen LogP contribution in [0, 0.1) is 6.92 Å². The molecule has 0 atom stereocenters. The summed E-state index contributed by atoms with van der Waals surface area (Å²) in [5.41, 5.74) is 2.28. The standard InChI is InChI=1S/C21H22N4O4S/c1-3-16-4-8-18(9-5-16)29-14-20(26)24-17-6-10-19(11-7-17)30(27,28)25-21-22-13-12-15(2)23-21/h4-13H,3,14H2,1-2H3,(H,24,26)(H,22,23,25). The molecule has 0 radical (unpaired) electrons. The highest BCUT2D eigenvalue weighted by atomic mass is 32.2. The van der Waals surface area contributed by atoms with Gasteiger partial charge in [-0.05, 0) is 61.4 Å². The van der Waals surface area contributed by atoms with Gasteiger partial charge in [0.15, 0.2) is 6.61 Å². The third-order valence-corrected chi connectivity index (χ3v) is 5.51. The van der Waals surface area contributed by atoms with Crippen LogP contribution in [0.1, 0.15) is 18.2 Å². The number of hydrogen-bond donors (Lipinski definition) is 2. The third-order valence-electron chi connectivity index (χ3n) is 4.17. The lowest BCUT2D eigenvalue weighted by Crippen LogP contribution is -2.20. The van der Waals surface area contributed by atoms with Crippen molar-refractivity contribution in [3.05, 3.63) is 72.1 Å². The van der Waals surface area contributed by atoms with Crippen LogP contribution in [0.2, 0.25) is 0 Å². The van der Waals surface area contributed by atoms with E-state index in [0.717, 1.165) is 6.42 Å². The highest BCUT2D eigenvalue weighted by Crippen LogP contribution is 2.17. The van der Waals surface area contributed by atoms with E-state index in [9.17, 15) is 13.2 Å². The number of amides is 1. The molecule has 30 heavy (non-hydrogen) atoms. The molecule has 8 nitrogen and oxygen atoms in total. The Morgan fingerprint density at radius 2 is 1.73 bits per heavy atom. The smallest absolute Gasteiger partial charge is 0.264 e. The molecule has 156 valence electrons. The molecule has 0 saturated heterocycles. The first-order valence-corrected chi connectivity index (χ1v) is 10.8. The summed E-state index contributed by atoms with van der Waals surface area (Å²) in [5, 5.41) is 2.67. The number of aromatic nitrogens is 2. The predicted molar refractivity (Wildman–Crippen MR) is 114 cm³/mol. The second kappa shape index (κ2) is 9.36. The van der Waals surface area contributed by atoms with Gasteiger partial charge in [-0.3, -0.25) is 4.79 Å². The fourth-order valence-corrected chi connectivity index (χ4v) is 3.51. The van der Waals surface area contributed by atoms with E-state index in [1.807, 2.05) is 24.3 Å². The van der Waals surface area contributed by atoms with Crippen LogP contribution in [0.4, 0.5) is 11.6 Å². The zero-order valence-electron chi connectivity index (χ0n) is 16.6. The number of ether oxygens (including phenoxy) is 1. The van der Waals surface area contributed by atoms with Crippen molar-refractivity contribution in [1.82, 2.24) is 9.97 Å². The summed E-state index contributed by atoms with van der Waals surface area (Å²) in [6.45, 7) is 3.64. The fraction of sp³-hybridized carbons (Fsp3) is 0.190. The van der Waals surface area contributed by atoms with Gasteiger partial charge in [0.2, 0.25) is 5.95 Å². The topological polar surface area (TPSA) is 110 Å². The molecule has 9 heteroatoms. The third kappa shape index (κ3) is 5.77. The van der Waals surface area contributed by atoms with Crippen LogP contribution in [-0.4, -0.2) is 30.9 Å². The number of carbonyl (C=O) groups excluding carboxylic acids is 1. The SMILES string of the molecule is CCc1ccc(OCC(=O)Nc2ccc(S(=O)(=O)Nc3nccc(C)n3)cc2)cc1. The highest BCUT2D eigenvalue weighted by molar-refractivity contribution is 7.92. The van der Waals surface area contributed by atoms with Gasteiger partial charge < -0.3 is 10.1 Å². The molecule has 2 N–H and O–H groups in total. The second-order valence-electron chi connectivity index (χ2n) is 6.49. The minimum atomic E-state index is -3.84. The summed E-state index contributed by atoms with van der Waals surface area (Å²) in [4.78, 5) is 20.0. The summed E-state index contributed by atoms with van der Waals surface area (Å²) in [7, 11) is -3.84.